The molecular weight excluding hydrogens is 392 g/mol. The number of rotatable bonds is 15. The predicted octanol–water partition coefficient (Wildman–Crippen LogP) is 5.57. The number of hydrogen-bond donors (Lipinski definition) is 2. The number of ether oxygens (including phenoxy) is 3. The maximum absolute atomic E-state index is 12.0. The molecule has 0 aromatic heterocycles. The van der Waals surface area contributed by atoms with Gasteiger partial charge in [0, 0.05) is 24.9 Å². The standard InChI is InChI=1S/C25H36N2O4/c1-29-24(31-23-13-9-8-10-14-23)15-11-6-4-2-3-5-7-12-16-30-25(28)20-17-21(26)19-22(27)18-20/h8-10,13-14,17-19,24H,2-7,11-12,15-16,26-27H2,1H3. The summed E-state index contributed by atoms with van der Waals surface area (Å²) in [7, 11) is 1.69. The highest BCUT2D eigenvalue weighted by Gasteiger charge is 2.09. The van der Waals surface area contributed by atoms with Gasteiger partial charge in [0.25, 0.3) is 0 Å². The van der Waals surface area contributed by atoms with Crippen molar-refractivity contribution < 1.29 is 19.0 Å². The third-order valence-electron chi connectivity index (χ3n) is 5.05. The van der Waals surface area contributed by atoms with E-state index >= 15 is 0 Å². The van der Waals surface area contributed by atoms with E-state index in [9.17, 15) is 4.79 Å². The molecule has 0 saturated carbocycles. The maximum Gasteiger partial charge on any atom is 0.338 e. The van der Waals surface area contributed by atoms with Crippen LogP contribution in [0.25, 0.3) is 0 Å². The molecule has 0 aliphatic rings. The molecule has 0 bridgehead atoms. The lowest BCUT2D eigenvalue weighted by Crippen LogP contribution is -2.18. The number of unbranched alkanes of at least 4 members (excludes halogenated alkanes) is 7. The number of methoxy groups -OCH3 is 1. The van der Waals surface area contributed by atoms with Crippen LogP contribution in [0.4, 0.5) is 11.4 Å². The van der Waals surface area contributed by atoms with E-state index < -0.39 is 0 Å². The summed E-state index contributed by atoms with van der Waals surface area (Å²) >= 11 is 0. The van der Waals surface area contributed by atoms with Crippen LogP contribution in [0.2, 0.25) is 0 Å². The van der Waals surface area contributed by atoms with Gasteiger partial charge >= 0.3 is 5.97 Å². The van der Waals surface area contributed by atoms with Crippen LogP contribution in [-0.2, 0) is 9.47 Å². The van der Waals surface area contributed by atoms with Crippen molar-refractivity contribution in [1.29, 1.82) is 0 Å². The molecule has 2 aromatic carbocycles. The zero-order valence-corrected chi connectivity index (χ0v) is 18.6. The fraction of sp³-hybridized carbons (Fsp3) is 0.480. The Bertz CT molecular complexity index is 747. The van der Waals surface area contributed by atoms with Gasteiger partial charge in [-0.25, -0.2) is 4.79 Å². The molecular formula is C25H36N2O4. The second-order valence-corrected chi connectivity index (χ2v) is 7.74. The van der Waals surface area contributed by atoms with Crippen LogP contribution in [0, 0.1) is 0 Å². The summed E-state index contributed by atoms with van der Waals surface area (Å²) in [5.41, 5.74) is 12.7. The summed E-state index contributed by atoms with van der Waals surface area (Å²) < 4.78 is 16.6. The number of para-hydroxylation sites is 1. The zero-order valence-electron chi connectivity index (χ0n) is 18.6. The second-order valence-electron chi connectivity index (χ2n) is 7.74. The lowest BCUT2D eigenvalue weighted by Gasteiger charge is -2.17. The average molecular weight is 429 g/mol. The van der Waals surface area contributed by atoms with E-state index in [1.165, 1.54) is 25.7 Å². The fourth-order valence-electron chi connectivity index (χ4n) is 3.39. The van der Waals surface area contributed by atoms with Gasteiger partial charge in [-0.3, -0.25) is 0 Å². The van der Waals surface area contributed by atoms with Gasteiger partial charge in [0.2, 0.25) is 0 Å². The predicted molar refractivity (Wildman–Crippen MR) is 125 cm³/mol. The minimum absolute atomic E-state index is 0.186. The molecule has 0 radical (unpaired) electrons. The Hall–Kier alpha value is -2.73. The zero-order chi connectivity index (χ0) is 22.3. The van der Waals surface area contributed by atoms with Gasteiger partial charge in [0.1, 0.15) is 5.75 Å². The van der Waals surface area contributed by atoms with Crippen LogP contribution in [0.1, 0.15) is 68.1 Å². The molecule has 0 saturated heterocycles. The number of esters is 1. The van der Waals surface area contributed by atoms with Gasteiger partial charge in [-0.1, -0.05) is 56.7 Å². The molecule has 0 aliphatic carbocycles. The Morgan fingerprint density at radius 2 is 1.42 bits per heavy atom. The molecule has 6 nitrogen and oxygen atoms in total. The van der Waals surface area contributed by atoms with Crippen LogP contribution in [0.15, 0.2) is 48.5 Å². The monoisotopic (exact) mass is 428 g/mol. The summed E-state index contributed by atoms with van der Waals surface area (Å²) in [4.78, 5) is 12.0. The Kier molecular flexibility index (Phi) is 11.3. The third kappa shape index (κ3) is 10.2. The van der Waals surface area contributed by atoms with E-state index in [1.807, 2.05) is 30.3 Å². The number of benzene rings is 2. The van der Waals surface area contributed by atoms with Gasteiger partial charge < -0.3 is 25.7 Å². The summed E-state index contributed by atoms with van der Waals surface area (Å²) in [6.07, 6.45) is 9.71. The van der Waals surface area contributed by atoms with Crippen molar-refractivity contribution in [3.63, 3.8) is 0 Å². The Morgan fingerprint density at radius 1 is 0.839 bits per heavy atom. The lowest BCUT2D eigenvalue weighted by atomic mass is 10.1. The summed E-state index contributed by atoms with van der Waals surface area (Å²) in [6.45, 7) is 0.424. The van der Waals surface area contributed by atoms with E-state index in [0.717, 1.165) is 37.9 Å². The molecule has 0 amide bonds. The SMILES string of the molecule is COC(CCCCCCCCCCOC(=O)c1cc(N)cc(N)c1)Oc1ccccc1. The molecule has 1 atom stereocenters. The van der Waals surface area contributed by atoms with E-state index in [-0.39, 0.29) is 12.3 Å². The fourth-order valence-corrected chi connectivity index (χ4v) is 3.39. The number of nitrogens with two attached hydrogens (primary N) is 2. The van der Waals surface area contributed by atoms with E-state index in [1.54, 1.807) is 25.3 Å². The number of nitrogen functional groups attached to an aromatic ring is 2. The second kappa shape index (κ2) is 14.3. The molecule has 170 valence electrons. The van der Waals surface area contributed by atoms with E-state index in [4.69, 9.17) is 25.7 Å². The topological polar surface area (TPSA) is 96.8 Å². The number of hydrogen-bond acceptors (Lipinski definition) is 6. The molecule has 2 aromatic rings. The first kappa shape index (κ1) is 24.5. The number of anilines is 2. The maximum atomic E-state index is 12.0. The van der Waals surface area contributed by atoms with Gasteiger partial charge in [-0.05, 0) is 43.2 Å². The largest absolute Gasteiger partial charge is 0.465 e. The van der Waals surface area contributed by atoms with Crippen LogP contribution in [0.3, 0.4) is 0 Å². The Morgan fingerprint density at radius 3 is 2.03 bits per heavy atom. The van der Waals surface area contributed by atoms with Crippen LogP contribution < -0.4 is 16.2 Å². The van der Waals surface area contributed by atoms with Crippen LogP contribution in [-0.4, -0.2) is 26.0 Å². The first-order valence-corrected chi connectivity index (χ1v) is 11.2. The van der Waals surface area contributed by atoms with Crippen molar-refractivity contribution in [3.8, 4) is 5.75 Å². The van der Waals surface area contributed by atoms with Crippen LogP contribution in [0.5, 0.6) is 5.75 Å². The first-order chi connectivity index (χ1) is 15.1. The highest BCUT2D eigenvalue weighted by Crippen LogP contribution is 2.17. The van der Waals surface area contributed by atoms with Gasteiger partial charge in [0.05, 0.1) is 12.2 Å². The Balaban J connectivity index is 1.43. The highest BCUT2D eigenvalue weighted by atomic mass is 16.7. The molecule has 0 fully saturated rings. The summed E-state index contributed by atoms with van der Waals surface area (Å²) in [6, 6.07) is 14.6. The van der Waals surface area contributed by atoms with Crippen molar-refractivity contribution in [1.82, 2.24) is 0 Å². The minimum atomic E-state index is -0.371. The van der Waals surface area contributed by atoms with Gasteiger partial charge in [-0.2, -0.15) is 0 Å². The van der Waals surface area contributed by atoms with Crippen molar-refractivity contribution in [2.75, 3.05) is 25.2 Å². The molecule has 1 unspecified atom stereocenters. The molecule has 0 heterocycles. The highest BCUT2D eigenvalue weighted by molar-refractivity contribution is 5.91. The lowest BCUT2D eigenvalue weighted by molar-refractivity contribution is -0.0594. The quantitative estimate of drug-likeness (QED) is 0.167. The number of carbonyl (C=O) groups is 1. The molecule has 6 heteroatoms. The minimum Gasteiger partial charge on any atom is -0.465 e. The number of carbonyl (C=O) groups excluding carboxylic acids is 1. The normalized spacial score (nSPS) is 11.8. The van der Waals surface area contributed by atoms with Crippen molar-refractivity contribution in [2.45, 2.75) is 64.1 Å². The summed E-state index contributed by atoms with van der Waals surface area (Å²) in [5.74, 6) is 0.474. The van der Waals surface area contributed by atoms with E-state index in [0.29, 0.717) is 23.5 Å². The van der Waals surface area contributed by atoms with Crippen LogP contribution >= 0.6 is 0 Å². The van der Waals surface area contributed by atoms with Crippen molar-refractivity contribution >= 4 is 17.3 Å². The summed E-state index contributed by atoms with van der Waals surface area (Å²) in [5, 5.41) is 0. The third-order valence-corrected chi connectivity index (χ3v) is 5.05. The average Bonchev–Trinajstić information content (AvgIpc) is 2.76. The van der Waals surface area contributed by atoms with Crippen molar-refractivity contribution in [3.05, 3.63) is 54.1 Å². The van der Waals surface area contributed by atoms with Crippen molar-refractivity contribution in [2.24, 2.45) is 0 Å². The van der Waals surface area contributed by atoms with E-state index in [2.05, 4.69) is 0 Å². The molecule has 2 rings (SSSR count). The Labute approximate surface area is 185 Å². The smallest absolute Gasteiger partial charge is 0.338 e. The molecule has 0 aliphatic heterocycles. The van der Waals surface area contributed by atoms with Gasteiger partial charge in [-0.15, -0.1) is 0 Å². The van der Waals surface area contributed by atoms with Gasteiger partial charge in [0.15, 0.2) is 6.29 Å². The molecule has 4 N–H and O–H groups in total. The molecule has 0 spiro atoms. The molecule has 31 heavy (non-hydrogen) atoms. The first-order valence-electron chi connectivity index (χ1n) is 11.2.